The monoisotopic (exact) mass is 1240 g/mol. The average molecular weight is 1240 g/mol. The molecule has 0 saturated heterocycles. The van der Waals surface area contributed by atoms with Gasteiger partial charge in [0.25, 0.3) is 0 Å². The number of phenolic OH excluding ortho intramolecular Hbond substituents is 1. The maximum absolute atomic E-state index is 14.5. The number of carbonyl (C=O) groups is 10. The Morgan fingerprint density at radius 2 is 1.18 bits per heavy atom. The number of phenols is 1. The maximum atomic E-state index is 14.5. The van der Waals surface area contributed by atoms with Gasteiger partial charge in [-0.15, -0.1) is 0 Å². The molecule has 17 N–H and O–H groups in total. The molecule has 4 aromatic carbocycles. The lowest BCUT2D eigenvalue weighted by Gasteiger charge is -2.28. The zero-order valence-corrected chi connectivity index (χ0v) is 50.7. The standard InChI is InChI=1S/C63H79ClN14O11/c1-5-6-15-47(56(67)82)73-61(87)50(28-37-12-8-7-9-13-37)76-62(88)52(30-42-33-68-34-70-42)72-54(81)31-49(39-19-21-41(64)22-20-39)75-63(89)55(35(2)3)78-57(83)36(4)71-60(86)51(29-40-32-69-46-16-11-10-14-44(40)46)77-59(85)48(25-26-53(66)80)74-58(84)45(65)27-38-17-23-43(79)24-18-38/h7-14,16-24,32-36,45,47-52,55,69,79H,5-6,15,25-31,65H2,1-4H3,(H2,66,80)(H2,67,82)(H,68,70)(H,71,86)(H,72,81)(H,73,87)(H,74,84)(H,75,89)(H,76,88)(H,77,85)(H,78,83)/t36-,45+,47-,48-,49+,50-,51-,52-,55-/m0/s1. The number of carbonyl (C=O) groups excluding carboxylic acids is 10. The summed E-state index contributed by atoms with van der Waals surface area (Å²) in [6, 6.07) is 17.2. The molecular formula is C63H79ClN14O11. The Kier molecular flexibility index (Phi) is 25.8. The van der Waals surface area contributed by atoms with Crippen LogP contribution in [-0.4, -0.2) is 127 Å². The Hall–Kier alpha value is -9.62. The number of amides is 10. The summed E-state index contributed by atoms with van der Waals surface area (Å²) in [6.07, 6.45) is 4.90. The van der Waals surface area contributed by atoms with Gasteiger partial charge in [0, 0.05) is 59.7 Å². The summed E-state index contributed by atoms with van der Waals surface area (Å²) in [4.78, 5) is 148. The molecular weight excluding hydrogens is 1160 g/mol. The van der Waals surface area contributed by atoms with Crippen LogP contribution in [0.4, 0.5) is 0 Å². The molecule has 0 fully saturated rings. The van der Waals surface area contributed by atoms with Gasteiger partial charge in [0.2, 0.25) is 59.1 Å². The van der Waals surface area contributed by atoms with E-state index in [1.807, 2.05) is 25.1 Å². The van der Waals surface area contributed by atoms with Gasteiger partial charge in [0.15, 0.2) is 0 Å². The molecule has 0 aliphatic rings. The Balaban J connectivity index is 1.18. The first-order valence-corrected chi connectivity index (χ1v) is 29.7. The van der Waals surface area contributed by atoms with Gasteiger partial charge in [0.1, 0.15) is 48.0 Å². The molecule has 0 unspecified atom stereocenters. The highest BCUT2D eigenvalue weighted by Crippen LogP contribution is 2.23. The number of imidazole rings is 1. The van der Waals surface area contributed by atoms with Gasteiger partial charge in [0.05, 0.1) is 24.8 Å². The number of benzene rings is 4. The molecule has 0 aliphatic carbocycles. The smallest absolute Gasteiger partial charge is 0.243 e. The van der Waals surface area contributed by atoms with E-state index in [0.717, 1.165) is 17.3 Å². The van der Waals surface area contributed by atoms with E-state index in [1.54, 1.807) is 92.8 Å². The molecule has 25 nitrogen and oxygen atoms in total. The molecule has 10 amide bonds. The molecule has 0 aliphatic heterocycles. The van der Waals surface area contributed by atoms with Gasteiger partial charge in [-0.25, -0.2) is 4.98 Å². The number of H-pyrrole nitrogens is 2. The molecule has 2 heterocycles. The summed E-state index contributed by atoms with van der Waals surface area (Å²) in [5, 5.41) is 32.5. The van der Waals surface area contributed by atoms with Gasteiger partial charge in [-0.3, -0.25) is 47.9 Å². The zero-order valence-electron chi connectivity index (χ0n) is 50.0. The third-order valence-corrected chi connectivity index (χ3v) is 15.1. The molecule has 26 heteroatoms. The highest BCUT2D eigenvalue weighted by atomic mass is 35.5. The molecule has 0 radical (unpaired) electrons. The second-order valence-corrected chi connectivity index (χ2v) is 22.6. The lowest BCUT2D eigenvalue weighted by atomic mass is 9.99. The zero-order chi connectivity index (χ0) is 64.7. The van der Waals surface area contributed by atoms with Crippen LogP contribution in [0.25, 0.3) is 10.9 Å². The van der Waals surface area contributed by atoms with Crippen LogP contribution in [0.15, 0.2) is 122 Å². The normalized spacial score (nSPS) is 14.2. The molecule has 474 valence electrons. The largest absolute Gasteiger partial charge is 0.508 e. The van der Waals surface area contributed by atoms with Crippen LogP contribution in [0.1, 0.15) is 100 Å². The van der Waals surface area contributed by atoms with Crippen LogP contribution >= 0.6 is 11.6 Å². The van der Waals surface area contributed by atoms with E-state index >= 15 is 0 Å². The van der Waals surface area contributed by atoms with Crippen molar-refractivity contribution >= 4 is 81.6 Å². The number of rotatable bonds is 34. The lowest BCUT2D eigenvalue weighted by Crippen LogP contribution is -2.59. The highest BCUT2D eigenvalue weighted by molar-refractivity contribution is 6.30. The van der Waals surface area contributed by atoms with Crippen LogP contribution in [-0.2, 0) is 73.6 Å². The molecule has 0 bridgehead atoms. The maximum Gasteiger partial charge on any atom is 0.243 e. The number of halogens is 1. The number of hydrogen-bond donors (Lipinski definition) is 14. The molecule has 89 heavy (non-hydrogen) atoms. The first-order chi connectivity index (χ1) is 42.5. The van der Waals surface area contributed by atoms with Gasteiger partial charge in [-0.1, -0.05) is 118 Å². The quantitative estimate of drug-likeness (QED) is 0.0276. The number of nitrogens with one attached hydrogen (secondary N) is 10. The highest BCUT2D eigenvalue weighted by Gasteiger charge is 2.35. The van der Waals surface area contributed by atoms with Crippen molar-refractivity contribution in [3.05, 3.63) is 155 Å². The summed E-state index contributed by atoms with van der Waals surface area (Å²) < 4.78 is 0. The van der Waals surface area contributed by atoms with E-state index in [4.69, 9.17) is 28.8 Å². The summed E-state index contributed by atoms with van der Waals surface area (Å²) in [6.45, 7) is 6.63. The predicted octanol–water partition coefficient (Wildman–Crippen LogP) is 2.11. The van der Waals surface area contributed by atoms with E-state index in [1.165, 1.54) is 31.6 Å². The fraction of sp³-hybridized carbons (Fsp3) is 0.381. The third kappa shape index (κ3) is 21.3. The van der Waals surface area contributed by atoms with Crippen molar-refractivity contribution in [3.63, 3.8) is 0 Å². The summed E-state index contributed by atoms with van der Waals surface area (Å²) in [5.41, 5.74) is 20.9. The first kappa shape index (κ1) is 68.5. The van der Waals surface area contributed by atoms with Crippen LogP contribution in [0, 0.1) is 5.92 Å². The van der Waals surface area contributed by atoms with Crippen molar-refractivity contribution in [2.45, 2.75) is 146 Å². The molecule has 9 atom stereocenters. The van der Waals surface area contributed by atoms with E-state index in [0.29, 0.717) is 39.4 Å². The lowest BCUT2D eigenvalue weighted by molar-refractivity contribution is -0.135. The number of aromatic nitrogens is 3. The number of nitrogens with two attached hydrogens (primary N) is 3. The van der Waals surface area contributed by atoms with Gasteiger partial charge >= 0.3 is 0 Å². The van der Waals surface area contributed by atoms with Crippen molar-refractivity contribution in [2.75, 3.05) is 0 Å². The molecule has 0 saturated carbocycles. The number of para-hydroxylation sites is 1. The second-order valence-electron chi connectivity index (χ2n) is 22.2. The SMILES string of the molecule is CCCC[C@H](NC(=O)[C@H](Cc1ccccc1)NC(=O)[C@H](Cc1cnc[nH]1)NC(=O)C[C@@H](NC(=O)[C@@H](NC(=O)[C@H](C)NC(=O)[C@H](Cc1c[nH]c2ccccc12)NC(=O)[C@H](CCC(N)=O)NC(=O)[C@H](N)Cc1ccc(O)cc1)C(C)C)c1ccc(Cl)cc1)C(N)=O. The van der Waals surface area contributed by atoms with E-state index in [2.05, 4.69) is 57.5 Å². The number of nitrogens with zero attached hydrogens (tertiary/aromatic N) is 1. The molecule has 6 aromatic rings. The Morgan fingerprint density at radius 1 is 0.584 bits per heavy atom. The number of hydrogen-bond acceptors (Lipinski definition) is 13. The van der Waals surface area contributed by atoms with Gasteiger partial charge in [-0.05, 0) is 84.7 Å². The summed E-state index contributed by atoms with van der Waals surface area (Å²) >= 11 is 6.28. The van der Waals surface area contributed by atoms with E-state index < -0.39 is 126 Å². The van der Waals surface area contributed by atoms with Gasteiger partial charge < -0.3 is 74.8 Å². The van der Waals surface area contributed by atoms with Crippen molar-refractivity contribution in [1.29, 1.82) is 0 Å². The van der Waals surface area contributed by atoms with E-state index in [9.17, 15) is 53.1 Å². The molecule has 2 aromatic heterocycles. The number of aromatic hydroxyl groups is 1. The minimum atomic E-state index is -1.40. The predicted molar refractivity (Wildman–Crippen MR) is 332 cm³/mol. The van der Waals surface area contributed by atoms with Crippen LogP contribution in [0.3, 0.4) is 0 Å². The van der Waals surface area contributed by atoms with Crippen molar-refractivity contribution < 1.29 is 53.1 Å². The van der Waals surface area contributed by atoms with E-state index in [-0.39, 0.29) is 50.7 Å². The Bertz CT molecular complexity index is 3380. The van der Waals surface area contributed by atoms with Gasteiger partial charge in [-0.2, -0.15) is 0 Å². The fourth-order valence-corrected chi connectivity index (χ4v) is 9.90. The minimum absolute atomic E-state index is 0.0104. The number of aromatic amines is 2. The average Bonchev–Trinajstić information content (AvgIpc) is 2.09. The number of unbranched alkanes of at least 4 members (excludes halogenated alkanes) is 1. The fourth-order valence-electron chi connectivity index (χ4n) is 9.78. The second kappa shape index (κ2) is 33.5. The van der Waals surface area contributed by atoms with Crippen molar-refractivity contribution in [3.8, 4) is 5.75 Å². The molecule has 0 spiro atoms. The Morgan fingerprint density at radius 3 is 1.81 bits per heavy atom. The van der Waals surface area contributed by atoms with Crippen LogP contribution in [0.2, 0.25) is 5.02 Å². The minimum Gasteiger partial charge on any atom is -0.508 e. The van der Waals surface area contributed by atoms with Crippen LogP contribution in [0.5, 0.6) is 5.75 Å². The summed E-state index contributed by atoms with van der Waals surface area (Å²) in [5.74, 6) is -8.21. The topological polar surface area (TPSA) is 410 Å². The Labute approximate surface area is 520 Å². The van der Waals surface area contributed by atoms with Crippen molar-refractivity contribution in [2.24, 2.45) is 23.1 Å². The third-order valence-electron chi connectivity index (χ3n) is 14.8. The summed E-state index contributed by atoms with van der Waals surface area (Å²) in [7, 11) is 0. The van der Waals surface area contributed by atoms with Crippen LogP contribution < -0.4 is 59.7 Å². The van der Waals surface area contributed by atoms with Crippen molar-refractivity contribution in [1.82, 2.24) is 57.5 Å². The molecule has 6 rings (SSSR count). The number of fused-ring (bicyclic) bond motifs is 1. The number of primary amides is 2. The first-order valence-electron chi connectivity index (χ1n) is 29.3.